The lowest BCUT2D eigenvalue weighted by Gasteiger charge is -2.36. The lowest BCUT2D eigenvalue weighted by atomic mass is 9.99. The second-order valence-corrected chi connectivity index (χ2v) is 10.8. The van der Waals surface area contributed by atoms with Gasteiger partial charge in [0.1, 0.15) is 5.82 Å². The number of carbonyl (C=O) groups excluding carboxylic acids is 1. The first kappa shape index (κ1) is 23.9. The minimum atomic E-state index is -3.25. The molecule has 34 heavy (non-hydrogen) atoms. The van der Waals surface area contributed by atoms with Crippen LogP contribution in [0.2, 0.25) is 0 Å². The van der Waals surface area contributed by atoms with E-state index in [0.29, 0.717) is 11.3 Å². The molecule has 2 heterocycles. The second-order valence-electron chi connectivity index (χ2n) is 8.80. The van der Waals surface area contributed by atoms with Crippen molar-refractivity contribution in [3.63, 3.8) is 0 Å². The van der Waals surface area contributed by atoms with Crippen molar-refractivity contribution in [2.75, 3.05) is 29.6 Å². The number of aromatic nitrogens is 1. The zero-order valence-corrected chi connectivity index (χ0v) is 20.6. The SMILES string of the molecule is Cc1c(NC(=O)c2ccc(N3C[C@@H](C)O[C@@H](C)C3)nc2)cccc1-c1ccc(S(C)(=O)=O)cc1. The lowest BCUT2D eigenvalue weighted by molar-refractivity contribution is -0.00546. The Labute approximate surface area is 200 Å². The molecule has 8 heteroatoms. The van der Waals surface area contributed by atoms with E-state index in [2.05, 4.69) is 15.2 Å². The molecule has 1 saturated heterocycles. The molecule has 7 nitrogen and oxygen atoms in total. The minimum Gasteiger partial charge on any atom is -0.372 e. The molecule has 0 unspecified atom stereocenters. The van der Waals surface area contributed by atoms with Gasteiger partial charge in [0.05, 0.1) is 22.7 Å². The number of sulfone groups is 1. The quantitative estimate of drug-likeness (QED) is 0.586. The number of anilines is 2. The third-order valence-corrected chi connectivity index (χ3v) is 7.06. The first-order valence-electron chi connectivity index (χ1n) is 11.2. The molecule has 1 aromatic heterocycles. The number of carbonyl (C=O) groups is 1. The van der Waals surface area contributed by atoms with Gasteiger partial charge in [0, 0.05) is 31.2 Å². The third kappa shape index (κ3) is 5.29. The van der Waals surface area contributed by atoms with Crippen LogP contribution < -0.4 is 10.2 Å². The van der Waals surface area contributed by atoms with E-state index in [1.807, 2.05) is 45.0 Å². The van der Waals surface area contributed by atoms with Crippen LogP contribution in [0.25, 0.3) is 11.1 Å². The molecule has 2 aromatic carbocycles. The summed E-state index contributed by atoms with van der Waals surface area (Å²) in [4.78, 5) is 19.9. The van der Waals surface area contributed by atoms with Gasteiger partial charge in [-0.1, -0.05) is 24.3 Å². The molecule has 1 aliphatic rings. The molecule has 0 bridgehead atoms. The average molecular weight is 480 g/mol. The van der Waals surface area contributed by atoms with Gasteiger partial charge < -0.3 is 15.0 Å². The molecule has 178 valence electrons. The van der Waals surface area contributed by atoms with E-state index >= 15 is 0 Å². The fraction of sp³-hybridized carbons (Fsp3) is 0.308. The summed E-state index contributed by atoms with van der Waals surface area (Å²) in [5, 5.41) is 2.98. The Morgan fingerprint density at radius 3 is 2.29 bits per heavy atom. The molecular weight excluding hydrogens is 450 g/mol. The maximum atomic E-state index is 12.9. The standard InChI is InChI=1S/C26H29N3O4S/c1-17-15-29(16-18(2)33-17)25-13-10-21(14-27-25)26(30)28-24-7-5-6-23(19(24)3)20-8-11-22(12-9-20)34(4,31)32/h5-14,17-18H,15-16H2,1-4H3,(H,28,30)/t17-,18+. The van der Waals surface area contributed by atoms with Crippen molar-refractivity contribution >= 4 is 27.2 Å². The Kier molecular flexibility index (Phi) is 6.72. The zero-order valence-electron chi connectivity index (χ0n) is 19.8. The fourth-order valence-corrected chi connectivity index (χ4v) is 4.86. The summed E-state index contributed by atoms with van der Waals surface area (Å²) < 4.78 is 29.3. The van der Waals surface area contributed by atoms with Gasteiger partial charge in [0.25, 0.3) is 5.91 Å². The van der Waals surface area contributed by atoms with E-state index in [1.54, 1.807) is 36.5 Å². The van der Waals surface area contributed by atoms with Gasteiger partial charge in [-0.25, -0.2) is 13.4 Å². The van der Waals surface area contributed by atoms with Crippen molar-refractivity contribution in [2.45, 2.75) is 37.9 Å². The fourth-order valence-electron chi connectivity index (χ4n) is 4.23. The maximum Gasteiger partial charge on any atom is 0.257 e. The number of benzene rings is 2. The van der Waals surface area contributed by atoms with Crippen LogP contribution >= 0.6 is 0 Å². The number of pyridine rings is 1. The van der Waals surface area contributed by atoms with Crippen molar-refractivity contribution in [1.29, 1.82) is 0 Å². The molecule has 0 radical (unpaired) electrons. The summed E-state index contributed by atoms with van der Waals surface area (Å²) in [5.41, 5.74) is 3.85. The third-order valence-electron chi connectivity index (χ3n) is 5.93. The number of nitrogens with one attached hydrogen (secondary N) is 1. The van der Waals surface area contributed by atoms with Crippen LogP contribution in [0.4, 0.5) is 11.5 Å². The molecule has 1 N–H and O–H groups in total. The summed E-state index contributed by atoms with van der Waals surface area (Å²) in [6.45, 7) is 7.54. The predicted molar refractivity (Wildman–Crippen MR) is 134 cm³/mol. The molecule has 1 amide bonds. The predicted octanol–water partition coefficient (Wildman–Crippen LogP) is 4.33. The van der Waals surface area contributed by atoms with Crippen molar-refractivity contribution < 1.29 is 17.9 Å². The highest BCUT2D eigenvalue weighted by Crippen LogP contribution is 2.30. The van der Waals surface area contributed by atoms with Gasteiger partial charge >= 0.3 is 0 Å². The Balaban J connectivity index is 1.50. The molecule has 0 spiro atoms. The van der Waals surface area contributed by atoms with Crippen molar-refractivity contribution in [1.82, 2.24) is 4.98 Å². The number of morpholine rings is 1. The van der Waals surface area contributed by atoms with Gasteiger partial charge in [-0.3, -0.25) is 4.79 Å². The number of rotatable bonds is 5. The molecule has 0 aliphatic carbocycles. The van der Waals surface area contributed by atoms with Crippen LogP contribution in [0.5, 0.6) is 0 Å². The molecule has 2 atom stereocenters. The van der Waals surface area contributed by atoms with E-state index in [9.17, 15) is 13.2 Å². The Morgan fingerprint density at radius 1 is 1.03 bits per heavy atom. The summed E-state index contributed by atoms with van der Waals surface area (Å²) in [7, 11) is -3.25. The van der Waals surface area contributed by atoms with Crippen LogP contribution in [0, 0.1) is 6.92 Å². The monoisotopic (exact) mass is 479 g/mol. The van der Waals surface area contributed by atoms with E-state index in [1.165, 1.54) is 6.26 Å². The number of hydrogen-bond acceptors (Lipinski definition) is 6. The number of hydrogen-bond donors (Lipinski definition) is 1. The highest BCUT2D eigenvalue weighted by molar-refractivity contribution is 7.90. The van der Waals surface area contributed by atoms with Crippen LogP contribution in [-0.4, -0.2) is 50.9 Å². The largest absolute Gasteiger partial charge is 0.372 e. The van der Waals surface area contributed by atoms with Gasteiger partial charge in [0.15, 0.2) is 9.84 Å². The zero-order chi connectivity index (χ0) is 24.5. The van der Waals surface area contributed by atoms with E-state index in [4.69, 9.17) is 4.74 Å². The molecule has 4 rings (SSSR count). The average Bonchev–Trinajstić information content (AvgIpc) is 2.79. The number of nitrogens with zero attached hydrogens (tertiary/aromatic N) is 2. The summed E-state index contributed by atoms with van der Waals surface area (Å²) >= 11 is 0. The Bertz CT molecular complexity index is 1280. The lowest BCUT2D eigenvalue weighted by Crippen LogP contribution is -2.45. The maximum absolute atomic E-state index is 12.9. The minimum absolute atomic E-state index is 0.131. The van der Waals surface area contributed by atoms with E-state index < -0.39 is 9.84 Å². The summed E-state index contributed by atoms with van der Waals surface area (Å²) in [5.74, 6) is 0.588. The first-order valence-corrected chi connectivity index (χ1v) is 13.1. The molecule has 1 fully saturated rings. The van der Waals surface area contributed by atoms with Crippen LogP contribution in [0.15, 0.2) is 65.7 Å². The molecule has 1 aliphatic heterocycles. The van der Waals surface area contributed by atoms with Gasteiger partial charge in [-0.05, 0) is 67.8 Å². The molecule has 3 aromatic rings. The normalized spacial score (nSPS) is 18.5. The van der Waals surface area contributed by atoms with Crippen LogP contribution in [0.1, 0.15) is 29.8 Å². The highest BCUT2D eigenvalue weighted by Gasteiger charge is 2.23. The summed E-state index contributed by atoms with van der Waals surface area (Å²) in [6, 6.07) is 16.1. The van der Waals surface area contributed by atoms with E-state index in [-0.39, 0.29) is 23.0 Å². The van der Waals surface area contributed by atoms with Crippen molar-refractivity contribution in [2.24, 2.45) is 0 Å². The van der Waals surface area contributed by atoms with E-state index in [0.717, 1.165) is 35.6 Å². The highest BCUT2D eigenvalue weighted by atomic mass is 32.2. The van der Waals surface area contributed by atoms with Crippen molar-refractivity contribution in [3.8, 4) is 11.1 Å². The smallest absolute Gasteiger partial charge is 0.257 e. The van der Waals surface area contributed by atoms with Gasteiger partial charge in [0.2, 0.25) is 0 Å². The van der Waals surface area contributed by atoms with Gasteiger partial charge in [-0.15, -0.1) is 0 Å². The number of ether oxygens (including phenoxy) is 1. The summed E-state index contributed by atoms with van der Waals surface area (Å²) in [6.07, 6.45) is 3.04. The Hall–Kier alpha value is -3.23. The van der Waals surface area contributed by atoms with Crippen LogP contribution in [0.3, 0.4) is 0 Å². The number of amides is 1. The second kappa shape index (κ2) is 9.56. The van der Waals surface area contributed by atoms with Gasteiger partial charge in [-0.2, -0.15) is 0 Å². The Morgan fingerprint density at radius 2 is 1.71 bits per heavy atom. The van der Waals surface area contributed by atoms with Crippen molar-refractivity contribution in [3.05, 3.63) is 71.9 Å². The topological polar surface area (TPSA) is 88.6 Å². The molecule has 0 saturated carbocycles. The van der Waals surface area contributed by atoms with Crippen LogP contribution in [-0.2, 0) is 14.6 Å². The first-order chi connectivity index (χ1) is 16.1. The molecular formula is C26H29N3O4S.